The van der Waals surface area contributed by atoms with Crippen molar-refractivity contribution < 1.29 is 4.74 Å². The molecule has 0 aliphatic carbocycles. The van der Waals surface area contributed by atoms with Gasteiger partial charge in [0.2, 0.25) is 0 Å². The van der Waals surface area contributed by atoms with Crippen molar-refractivity contribution in [3.05, 3.63) is 12.3 Å². The number of allylic oxidation sites excluding steroid dienone is 1. The lowest BCUT2D eigenvalue weighted by atomic mass is 9.93. The van der Waals surface area contributed by atoms with Crippen LogP contribution in [0.25, 0.3) is 0 Å². The Morgan fingerprint density at radius 1 is 1.40 bits per heavy atom. The molecule has 0 aromatic rings. The van der Waals surface area contributed by atoms with Crippen molar-refractivity contribution in [3.63, 3.8) is 0 Å². The highest BCUT2D eigenvalue weighted by Gasteiger charge is 2.30. The van der Waals surface area contributed by atoms with Gasteiger partial charge < -0.3 is 4.74 Å². The molecule has 0 N–H and O–H groups in total. The van der Waals surface area contributed by atoms with Crippen LogP contribution < -0.4 is 0 Å². The third-order valence-electron chi connectivity index (χ3n) is 3.21. The number of rotatable bonds is 6. The van der Waals surface area contributed by atoms with Crippen molar-refractivity contribution in [1.82, 2.24) is 0 Å². The maximum absolute atomic E-state index is 5.37. The average molecular weight is 228 g/mol. The second-order valence-electron chi connectivity index (χ2n) is 4.29. The van der Waals surface area contributed by atoms with Crippen molar-refractivity contribution in [2.24, 2.45) is 0 Å². The quantitative estimate of drug-likeness (QED) is 0.493. The number of thioether (sulfide) groups is 1. The summed E-state index contributed by atoms with van der Waals surface area (Å²) in [6.45, 7) is 5.21. The normalized spacial score (nSPS) is 27.1. The van der Waals surface area contributed by atoms with Crippen LogP contribution in [0.2, 0.25) is 0 Å². The molecule has 1 atom stereocenters. The lowest BCUT2D eigenvalue weighted by Gasteiger charge is -2.36. The van der Waals surface area contributed by atoms with Gasteiger partial charge in [-0.1, -0.05) is 19.4 Å². The first kappa shape index (κ1) is 13.0. The molecule has 88 valence electrons. The molecule has 1 rings (SSSR count). The Kier molecular flexibility index (Phi) is 6.23. The summed E-state index contributed by atoms with van der Waals surface area (Å²) in [6, 6.07) is 0. The molecule has 1 aliphatic rings. The van der Waals surface area contributed by atoms with Gasteiger partial charge in [-0.3, -0.25) is 0 Å². The van der Waals surface area contributed by atoms with Gasteiger partial charge in [0.1, 0.15) is 0 Å². The summed E-state index contributed by atoms with van der Waals surface area (Å²) in [4.78, 5) is 0. The Morgan fingerprint density at radius 3 is 2.87 bits per heavy atom. The van der Waals surface area contributed by atoms with Crippen LogP contribution in [0.4, 0.5) is 0 Å². The Balaban J connectivity index is 2.20. The fraction of sp³-hybridized carbons (Fsp3) is 0.846. The SMILES string of the molecule is C/C=C/OCCCC1(CC)CCCCS1. The molecule has 0 saturated carbocycles. The van der Waals surface area contributed by atoms with E-state index >= 15 is 0 Å². The topological polar surface area (TPSA) is 9.23 Å². The number of hydrogen-bond acceptors (Lipinski definition) is 2. The largest absolute Gasteiger partial charge is 0.502 e. The van der Waals surface area contributed by atoms with Crippen LogP contribution >= 0.6 is 11.8 Å². The molecular weight excluding hydrogens is 204 g/mol. The van der Waals surface area contributed by atoms with Crippen LogP contribution in [0.15, 0.2) is 12.3 Å². The van der Waals surface area contributed by atoms with E-state index in [1.165, 1.54) is 44.3 Å². The highest BCUT2D eigenvalue weighted by molar-refractivity contribution is 8.00. The predicted octanol–water partition coefficient (Wildman–Crippen LogP) is 4.38. The van der Waals surface area contributed by atoms with Gasteiger partial charge >= 0.3 is 0 Å². The smallest absolute Gasteiger partial charge is 0.0873 e. The van der Waals surface area contributed by atoms with E-state index in [1.54, 1.807) is 6.26 Å². The molecule has 1 nitrogen and oxygen atoms in total. The Bertz CT molecular complexity index is 183. The first-order valence-electron chi connectivity index (χ1n) is 6.20. The van der Waals surface area contributed by atoms with E-state index in [0.717, 1.165) is 6.61 Å². The molecular formula is C13H24OS. The maximum Gasteiger partial charge on any atom is 0.0873 e. The number of ether oxygens (including phenoxy) is 1. The van der Waals surface area contributed by atoms with Crippen LogP contribution in [-0.2, 0) is 4.74 Å². The third kappa shape index (κ3) is 4.50. The Morgan fingerprint density at radius 2 is 2.27 bits per heavy atom. The average Bonchev–Trinajstić information content (AvgIpc) is 2.30. The summed E-state index contributed by atoms with van der Waals surface area (Å²) < 4.78 is 5.95. The van der Waals surface area contributed by atoms with Gasteiger partial charge in [0.05, 0.1) is 12.9 Å². The minimum Gasteiger partial charge on any atom is -0.502 e. The number of hydrogen-bond donors (Lipinski definition) is 0. The van der Waals surface area contributed by atoms with Crippen molar-refractivity contribution >= 4 is 11.8 Å². The summed E-state index contributed by atoms with van der Waals surface area (Å²) in [5, 5.41) is 0. The molecule has 0 radical (unpaired) electrons. The minimum absolute atomic E-state index is 0.581. The Hall–Kier alpha value is -0.110. The molecule has 1 aliphatic heterocycles. The van der Waals surface area contributed by atoms with E-state index in [1.807, 2.05) is 13.0 Å². The van der Waals surface area contributed by atoms with Crippen LogP contribution in [0.3, 0.4) is 0 Å². The molecule has 1 heterocycles. The van der Waals surface area contributed by atoms with Gasteiger partial charge in [0.25, 0.3) is 0 Å². The van der Waals surface area contributed by atoms with Crippen LogP contribution in [-0.4, -0.2) is 17.1 Å². The second-order valence-corrected chi connectivity index (χ2v) is 5.85. The van der Waals surface area contributed by atoms with Gasteiger partial charge in [0.15, 0.2) is 0 Å². The molecule has 0 amide bonds. The summed E-state index contributed by atoms with van der Waals surface area (Å²) in [7, 11) is 0. The van der Waals surface area contributed by atoms with Gasteiger partial charge in [-0.15, -0.1) is 0 Å². The van der Waals surface area contributed by atoms with E-state index in [0.29, 0.717) is 4.75 Å². The zero-order valence-corrected chi connectivity index (χ0v) is 10.9. The van der Waals surface area contributed by atoms with Crippen molar-refractivity contribution in [1.29, 1.82) is 0 Å². The first-order chi connectivity index (χ1) is 7.33. The van der Waals surface area contributed by atoms with E-state index < -0.39 is 0 Å². The molecule has 0 aromatic carbocycles. The fourth-order valence-electron chi connectivity index (χ4n) is 2.20. The molecule has 1 unspecified atom stereocenters. The summed E-state index contributed by atoms with van der Waals surface area (Å²) in [5.41, 5.74) is 0. The lowest BCUT2D eigenvalue weighted by molar-refractivity contribution is 0.233. The fourth-order valence-corrected chi connectivity index (χ4v) is 3.77. The second kappa shape index (κ2) is 7.21. The molecule has 0 aromatic heterocycles. The van der Waals surface area contributed by atoms with Crippen LogP contribution in [0.1, 0.15) is 52.4 Å². The maximum atomic E-state index is 5.37. The molecule has 2 heteroatoms. The monoisotopic (exact) mass is 228 g/mol. The van der Waals surface area contributed by atoms with E-state index in [2.05, 4.69) is 18.7 Å². The highest BCUT2D eigenvalue weighted by Crippen LogP contribution is 2.42. The molecule has 1 saturated heterocycles. The van der Waals surface area contributed by atoms with Crippen molar-refractivity contribution in [2.75, 3.05) is 12.4 Å². The summed E-state index contributed by atoms with van der Waals surface area (Å²) in [6.07, 6.45) is 11.9. The minimum atomic E-state index is 0.581. The summed E-state index contributed by atoms with van der Waals surface area (Å²) in [5.74, 6) is 1.36. The highest BCUT2D eigenvalue weighted by atomic mass is 32.2. The van der Waals surface area contributed by atoms with Gasteiger partial charge in [0, 0.05) is 4.75 Å². The van der Waals surface area contributed by atoms with E-state index in [4.69, 9.17) is 4.74 Å². The molecule has 15 heavy (non-hydrogen) atoms. The molecule has 0 spiro atoms. The molecule has 1 fully saturated rings. The standard InChI is InChI=1S/C13H24OS/c1-3-10-14-11-7-9-13(4-2)8-5-6-12-15-13/h3,10H,4-9,11-12H2,1-2H3/b10-3+. The summed E-state index contributed by atoms with van der Waals surface area (Å²) >= 11 is 2.20. The first-order valence-corrected chi connectivity index (χ1v) is 7.18. The van der Waals surface area contributed by atoms with Gasteiger partial charge in [-0.2, -0.15) is 11.8 Å². The Labute approximate surface area is 98.7 Å². The van der Waals surface area contributed by atoms with E-state index in [9.17, 15) is 0 Å². The van der Waals surface area contributed by atoms with Gasteiger partial charge in [-0.25, -0.2) is 0 Å². The zero-order valence-electron chi connectivity index (χ0n) is 10.1. The third-order valence-corrected chi connectivity index (χ3v) is 5.01. The van der Waals surface area contributed by atoms with Crippen LogP contribution in [0, 0.1) is 0 Å². The van der Waals surface area contributed by atoms with E-state index in [-0.39, 0.29) is 0 Å². The van der Waals surface area contributed by atoms with Gasteiger partial charge in [-0.05, 0) is 44.8 Å². The van der Waals surface area contributed by atoms with Crippen molar-refractivity contribution in [2.45, 2.75) is 57.1 Å². The predicted molar refractivity (Wildman–Crippen MR) is 69.3 cm³/mol. The van der Waals surface area contributed by atoms with Crippen LogP contribution in [0.5, 0.6) is 0 Å². The lowest BCUT2D eigenvalue weighted by Crippen LogP contribution is -2.27. The molecule has 0 bridgehead atoms. The zero-order chi connectivity index (χ0) is 11.0. The van der Waals surface area contributed by atoms with Crippen molar-refractivity contribution in [3.8, 4) is 0 Å².